The Bertz CT molecular complexity index is 3770. The van der Waals surface area contributed by atoms with Crippen molar-refractivity contribution in [2.24, 2.45) is 66.9 Å². The zero-order valence-electron chi connectivity index (χ0n) is 65.4. The minimum atomic E-state index is -2.02. The molecule has 0 aromatic heterocycles. The molecule has 117 heavy (non-hydrogen) atoms. The molecule has 14 atom stereocenters. The maximum atomic E-state index is 15.2. The van der Waals surface area contributed by atoms with Gasteiger partial charge < -0.3 is 135 Å². The quantitative estimate of drug-likeness (QED) is 0.0134. The number of carbonyl (C=O) groups excluding carboxylic acids is 14. The molecule has 3 rings (SSSR count). The van der Waals surface area contributed by atoms with Crippen molar-refractivity contribution in [2.45, 2.75) is 177 Å². The van der Waals surface area contributed by atoms with Gasteiger partial charge in [-0.05, 0) is 67.9 Å². The number of nitrogens with two attached hydrogens (primary N) is 7. The fourth-order valence-corrected chi connectivity index (χ4v) is 13.3. The first-order valence-corrected chi connectivity index (χ1v) is 40.0. The van der Waals surface area contributed by atoms with Gasteiger partial charge in [0.2, 0.25) is 82.7 Å². The fraction of sp³-hybridized carbons (Fsp3) is 0.563. The van der Waals surface area contributed by atoms with Crippen LogP contribution in [0.25, 0.3) is 0 Å². The van der Waals surface area contributed by atoms with E-state index in [9.17, 15) is 87.5 Å². The van der Waals surface area contributed by atoms with Crippen molar-refractivity contribution in [1.82, 2.24) is 74.4 Å². The Morgan fingerprint density at radius 1 is 0.487 bits per heavy atom. The number of aliphatic hydroxyl groups excluding tert-OH is 2. The van der Waals surface area contributed by atoms with Gasteiger partial charge in [-0.25, -0.2) is 4.79 Å². The predicted octanol–water partition coefficient (Wildman–Crippen LogP) is -8.94. The van der Waals surface area contributed by atoms with E-state index in [1.165, 1.54) is 13.8 Å². The van der Waals surface area contributed by atoms with Gasteiger partial charge in [-0.15, -0.1) is 0 Å². The molecule has 0 unspecified atom stereocenters. The normalized spacial score (nSPS) is 21.2. The largest absolute Gasteiger partial charge is 0.481 e. The van der Waals surface area contributed by atoms with E-state index in [1.54, 1.807) is 74.5 Å². The third-order valence-electron chi connectivity index (χ3n) is 17.9. The third-order valence-corrected chi connectivity index (χ3v) is 20.3. The number of amides is 14. The second kappa shape index (κ2) is 53.5. The molecule has 0 radical (unpaired) electrons. The monoisotopic (exact) mass is 1680 g/mol. The number of aliphatic hydroxyl groups is 2. The van der Waals surface area contributed by atoms with Crippen molar-refractivity contribution in [3.05, 3.63) is 71.8 Å². The molecule has 2 aromatic rings. The van der Waals surface area contributed by atoms with E-state index >= 15 is 9.59 Å². The van der Waals surface area contributed by atoms with Crippen LogP contribution in [0.2, 0.25) is 0 Å². The van der Waals surface area contributed by atoms with Crippen LogP contribution >= 0.6 is 21.6 Å². The molecule has 46 heteroatoms. The number of carbonyl (C=O) groups is 16. The number of guanidine groups is 3. The lowest BCUT2D eigenvalue weighted by Gasteiger charge is -2.30. The molecule has 648 valence electrons. The van der Waals surface area contributed by atoms with E-state index in [0.29, 0.717) is 17.5 Å². The highest BCUT2D eigenvalue weighted by Crippen LogP contribution is 2.24. The van der Waals surface area contributed by atoms with Crippen LogP contribution in [0.4, 0.5) is 0 Å². The summed E-state index contributed by atoms with van der Waals surface area (Å²) in [6.45, 7) is 1.68. The highest BCUT2D eigenvalue weighted by Gasteiger charge is 2.39. The van der Waals surface area contributed by atoms with Crippen LogP contribution in [0.1, 0.15) is 103 Å². The average Bonchev–Trinajstić information content (AvgIpc) is 0.852. The molecule has 0 aliphatic carbocycles. The van der Waals surface area contributed by atoms with Gasteiger partial charge >= 0.3 is 11.9 Å². The molecule has 0 bridgehead atoms. The van der Waals surface area contributed by atoms with E-state index in [4.69, 9.17) is 40.1 Å². The lowest BCUT2D eigenvalue weighted by molar-refractivity contribution is -0.142. The molecule has 0 spiro atoms. The van der Waals surface area contributed by atoms with E-state index < -0.39 is 230 Å². The van der Waals surface area contributed by atoms with Gasteiger partial charge in [-0.1, -0.05) is 123 Å². The molecule has 2 aromatic carbocycles. The topological polar surface area (TPSA) is 742 Å². The number of unbranched alkanes of at least 4 members (excludes halogenated alkanes) is 1. The van der Waals surface area contributed by atoms with E-state index in [2.05, 4.69) is 89.4 Å². The number of hydrogen-bond donors (Lipinski definition) is 25. The molecule has 32 N–H and O–H groups in total. The number of nitrogens with one attached hydrogen (secondary N) is 14. The summed E-state index contributed by atoms with van der Waals surface area (Å²) in [6.07, 6.45) is -1.60. The Morgan fingerprint density at radius 3 is 1.48 bits per heavy atom. The lowest BCUT2D eigenvalue weighted by Crippen LogP contribution is -2.62. The van der Waals surface area contributed by atoms with Crippen LogP contribution in [0, 0.1) is 11.8 Å². The molecule has 0 saturated carbocycles. The lowest BCUT2D eigenvalue weighted by atomic mass is 9.96. The van der Waals surface area contributed by atoms with Crippen molar-refractivity contribution >= 4 is 134 Å². The minimum Gasteiger partial charge on any atom is -0.481 e. The van der Waals surface area contributed by atoms with Gasteiger partial charge in [0.05, 0.1) is 39.3 Å². The summed E-state index contributed by atoms with van der Waals surface area (Å²) < 4.78 is 0. The molecule has 1 aliphatic heterocycles. The van der Waals surface area contributed by atoms with Crippen LogP contribution in [0.5, 0.6) is 0 Å². The maximum absolute atomic E-state index is 15.2. The molecule has 14 amide bonds. The molecular formula is C71H112N24O20S2. The minimum absolute atomic E-state index is 0.0292. The number of rotatable bonds is 34. The first kappa shape index (κ1) is 99.5. The summed E-state index contributed by atoms with van der Waals surface area (Å²) in [5, 5.41) is 74.5. The first-order chi connectivity index (χ1) is 55.5. The van der Waals surface area contributed by atoms with E-state index in [-0.39, 0.29) is 102 Å². The van der Waals surface area contributed by atoms with Crippen molar-refractivity contribution in [2.75, 3.05) is 64.0 Å². The number of benzene rings is 2. The molecule has 1 fully saturated rings. The molecular weight excluding hydrogens is 1570 g/mol. The Kier molecular flexibility index (Phi) is 45.5. The van der Waals surface area contributed by atoms with Gasteiger partial charge in [0.25, 0.3) is 0 Å². The van der Waals surface area contributed by atoms with Crippen molar-refractivity contribution in [3.63, 3.8) is 0 Å². The van der Waals surface area contributed by atoms with E-state index in [0.717, 1.165) is 21.6 Å². The summed E-state index contributed by atoms with van der Waals surface area (Å²) in [5.74, 6) is -21.7. The summed E-state index contributed by atoms with van der Waals surface area (Å²) >= 11 is 0. The Morgan fingerprint density at radius 2 is 0.957 bits per heavy atom. The molecule has 44 nitrogen and oxygen atoms in total. The van der Waals surface area contributed by atoms with Crippen LogP contribution < -0.4 is 115 Å². The predicted molar refractivity (Wildman–Crippen MR) is 431 cm³/mol. The zero-order valence-corrected chi connectivity index (χ0v) is 67.1. The van der Waals surface area contributed by atoms with Gasteiger partial charge in [-0.3, -0.25) is 86.9 Å². The highest BCUT2D eigenvalue weighted by molar-refractivity contribution is 8.76. The Balaban J connectivity index is 2.36. The second-order valence-electron chi connectivity index (χ2n) is 27.2. The van der Waals surface area contributed by atoms with Crippen LogP contribution in [0.15, 0.2) is 75.6 Å². The molecule has 1 heterocycles. The number of aliphatic carboxylic acids is 2. The number of nitrogens with zero attached hydrogens (tertiary/aromatic N) is 3. The van der Waals surface area contributed by atoms with Gasteiger partial charge in [-0.2, -0.15) is 0 Å². The van der Waals surface area contributed by atoms with E-state index in [1.807, 2.05) is 0 Å². The van der Waals surface area contributed by atoms with Gasteiger partial charge in [0.15, 0.2) is 17.9 Å². The zero-order chi connectivity index (χ0) is 87.3. The Hall–Kier alpha value is -11.7. The first-order valence-electron chi connectivity index (χ1n) is 37.6. The van der Waals surface area contributed by atoms with Gasteiger partial charge in [0.1, 0.15) is 72.5 Å². The molecule has 1 aliphatic rings. The van der Waals surface area contributed by atoms with Crippen molar-refractivity contribution in [3.8, 4) is 0 Å². The average molecular weight is 1690 g/mol. The van der Waals surface area contributed by atoms with Crippen LogP contribution in [-0.4, -0.2) is 269 Å². The van der Waals surface area contributed by atoms with Crippen LogP contribution in [0.3, 0.4) is 0 Å². The SMILES string of the molecule is CC[C@H](C)[C@@H]1NC(=O)[C@H](CCCN=C(N)N)NC(=O)[C@@H](CC(=O)O)NC(=O)[C@H]([C@@H](C)CC)NC(=O)[C@@H](CCCN=C(N)N)NC(=O)CNC(=O)CNC(=O)[C@@H](Cc2ccccc2)NC(=O)CNC(=O)[C@@H](NC(=O)[C@H](CO)NC(=O)[C@@H](N)CO)CSSC[C@@H](C(=O)N[C@H](Cc2ccccc2)C(=O)N[C@@H](CCCCN=C(N)N)C(=O)O)NC1=O. The van der Waals surface area contributed by atoms with Crippen molar-refractivity contribution in [1.29, 1.82) is 0 Å². The highest BCUT2D eigenvalue weighted by atomic mass is 33.1. The van der Waals surface area contributed by atoms with Crippen molar-refractivity contribution < 1.29 is 97.1 Å². The third kappa shape index (κ3) is 38.6. The standard InChI is InChI=1S/C71H112N24O20S2/c1-5-37(3)55-66(112)90-47(29-54(101)102)63(109)87-43(23-16-26-81-71(77)78)61(107)95-56(38(4)6-2)67(113)93-50(65(111)89-46(28-40-19-11-8-12-20-40)62(108)88-44(68(114)115)21-13-14-24-79-69(73)74)36-117-116-35-49(92-64(110)48(34-97)91-57(103)41(72)33-96)59(105)84-32-53(100)86-45(27-39-17-9-7-10-18-39)58(104)83-30-51(98)82-31-52(99)85-42(60(106)94-55)22-15-25-80-70(75)76/h7-12,17-20,37-38,41-50,55-56,96-97H,5-6,13-16,21-36,72H2,1-4H3,(H,82,98)(H,83,104)(H,84,105)(H,85,99)(H,86,100)(H,87,109)(H,88,108)(H,89,111)(H,90,112)(H,91,103)(H,92,110)(H,93,113)(H,94,106)(H,95,107)(H,101,102)(H,114,115)(H4,73,74,79)(H4,75,76,80)(H4,77,78,81)/t37-,38-,41-,42+,43-,44-,45+,46+,47+,48-,49-,50-,55-,56-/m0/s1. The summed E-state index contributed by atoms with van der Waals surface area (Å²) in [7, 11) is 1.49. The summed E-state index contributed by atoms with van der Waals surface area (Å²) in [5.41, 5.74) is 39.7. The van der Waals surface area contributed by atoms with Crippen LogP contribution in [-0.2, 0) is 89.6 Å². The fourth-order valence-electron chi connectivity index (χ4n) is 11.0. The smallest absolute Gasteiger partial charge is 0.326 e. The number of aliphatic imine (C=N–C) groups is 3. The summed E-state index contributed by atoms with van der Waals surface area (Å²) in [6, 6.07) is -3.82. The number of carboxylic acid groups (broad SMARTS) is 2. The van der Waals surface area contributed by atoms with Gasteiger partial charge in [0, 0.05) is 44.0 Å². The summed E-state index contributed by atoms with van der Waals surface area (Å²) in [4.78, 5) is 236. The maximum Gasteiger partial charge on any atom is 0.326 e. The number of carboxylic acids is 2. The second-order valence-corrected chi connectivity index (χ2v) is 29.7. The Labute approximate surface area is 682 Å². The molecule has 1 saturated heterocycles. The number of hydrogen-bond acceptors (Lipinski definition) is 24.